The molecule has 0 aromatic heterocycles. The average molecular weight is 327 g/mol. The van der Waals surface area contributed by atoms with Crippen LogP contribution in [-0.2, 0) is 0 Å². The predicted octanol–water partition coefficient (Wildman–Crippen LogP) is 4.06. The molecule has 0 unspecified atom stereocenters. The largest absolute Gasteiger partial charge is 0.490 e. The Morgan fingerprint density at radius 1 is 0.917 bits per heavy atom. The van der Waals surface area contributed by atoms with Crippen LogP contribution in [0.4, 0.5) is 0 Å². The Hall–Kier alpha value is -2.49. The molecule has 0 heterocycles. The van der Waals surface area contributed by atoms with Gasteiger partial charge in [-0.2, -0.15) is 0 Å². The Kier molecular flexibility index (Phi) is 7.68. The van der Waals surface area contributed by atoms with E-state index in [1.54, 1.807) is 6.07 Å². The van der Waals surface area contributed by atoms with Gasteiger partial charge in [0, 0.05) is 6.54 Å². The van der Waals surface area contributed by atoms with Crippen molar-refractivity contribution in [1.82, 2.24) is 5.32 Å². The molecule has 0 bridgehead atoms. The van der Waals surface area contributed by atoms with E-state index in [0.29, 0.717) is 31.1 Å². The van der Waals surface area contributed by atoms with Crippen LogP contribution in [0.3, 0.4) is 0 Å². The average Bonchev–Trinajstić information content (AvgIpc) is 2.63. The number of hydrogen-bond donors (Lipinski definition) is 1. The number of benzene rings is 2. The number of hydrogen-bond acceptors (Lipinski definition) is 3. The number of amides is 1. The van der Waals surface area contributed by atoms with Gasteiger partial charge in [0.2, 0.25) is 0 Å². The second-order valence-electron chi connectivity index (χ2n) is 5.47. The standard InChI is InChI=1S/C20H25NO3/c1-2-3-9-14-21-20(22)18-12-7-8-13-19(18)24-16-15-23-17-10-5-4-6-11-17/h4-8,10-13H,2-3,9,14-16H2,1H3,(H,21,22). The number of ether oxygens (including phenoxy) is 2. The fraction of sp³-hybridized carbons (Fsp3) is 0.350. The summed E-state index contributed by atoms with van der Waals surface area (Å²) in [6.45, 7) is 3.64. The van der Waals surface area contributed by atoms with Crippen LogP contribution in [0.15, 0.2) is 54.6 Å². The Bertz CT molecular complexity index is 613. The van der Waals surface area contributed by atoms with E-state index in [1.165, 1.54) is 0 Å². The minimum Gasteiger partial charge on any atom is -0.490 e. The molecular formula is C20H25NO3. The first kappa shape index (κ1) is 17.9. The molecule has 0 saturated heterocycles. The lowest BCUT2D eigenvalue weighted by Crippen LogP contribution is -2.25. The van der Waals surface area contributed by atoms with Crippen LogP contribution in [0.2, 0.25) is 0 Å². The molecule has 0 radical (unpaired) electrons. The Labute approximate surface area is 143 Å². The van der Waals surface area contributed by atoms with Crippen molar-refractivity contribution in [1.29, 1.82) is 0 Å². The van der Waals surface area contributed by atoms with E-state index in [-0.39, 0.29) is 5.91 Å². The smallest absolute Gasteiger partial charge is 0.255 e. The molecule has 2 rings (SSSR count). The number of para-hydroxylation sites is 2. The van der Waals surface area contributed by atoms with Crippen LogP contribution in [0, 0.1) is 0 Å². The second kappa shape index (κ2) is 10.3. The maximum atomic E-state index is 12.3. The third kappa shape index (κ3) is 5.95. The number of carbonyl (C=O) groups excluding carboxylic acids is 1. The van der Waals surface area contributed by atoms with Crippen molar-refractivity contribution >= 4 is 5.91 Å². The summed E-state index contributed by atoms with van der Waals surface area (Å²) in [4.78, 5) is 12.3. The van der Waals surface area contributed by atoms with Crippen LogP contribution in [0.25, 0.3) is 0 Å². The highest BCUT2D eigenvalue weighted by molar-refractivity contribution is 5.96. The van der Waals surface area contributed by atoms with Crippen molar-refractivity contribution < 1.29 is 14.3 Å². The van der Waals surface area contributed by atoms with Gasteiger partial charge < -0.3 is 14.8 Å². The van der Waals surface area contributed by atoms with E-state index in [4.69, 9.17) is 9.47 Å². The number of rotatable bonds is 10. The monoisotopic (exact) mass is 327 g/mol. The topological polar surface area (TPSA) is 47.6 Å². The first-order valence-electron chi connectivity index (χ1n) is 8.49. The van der Waals surface area contributed by atoms with E-state index < -0.39 is 0 Å². The zero-order valence-corrected chi connectivity index (χ0v) is 14.2. The van der Waals surface area contributed by atoms with Gasteiger partial charge in [0.05, 0.1) is 5.56 Å². The third-order valence-corrected chi connectivity index (χ3v) is 3.55. The summed E-state index contributed by atoms with van der Waals surface area (Å²) in [7, 11) is 0. The summed E-state index contributed by atoms with van der Waals surface area (Å²) in [5, 5.41) is 2.94. The molecule has 4 heteroatoms. The lowest BCUT2D eigenvalue weighted by Gasteiger charge is -2.12. The predicted molar refractivity (Wildman–Crippen MR) is 95.7 cm³/mol. The van der Waals surface area contributed by atoms with Gasteiger partial charge in [-0.3, -0.25) is 4.79 Å². The van der Waals surface area contributed by atoms with E-state index in [2.05, 4.69) is 12.2 Å². The summed E-state index contributed by atoms with van der Waals surface area (Å²) in [5.41, 5.74) is 0.564. The van der Waals surface area contributed by atoms with Gasteiger partial charge in [-0.15, -0.1) is 0 Å². The molecule has 0 aliphatic carbocycles. The molecule has 2 aromatic carbocycles. The zero-order chi connectivity index (χ0) is 17.0. The Morgan fingerprint density at radius 3 is 2.42 bits per heavy atom. The molecule has 0 atom stereocenters. The van der Waals surface area contributed by atoms with Gasteiger partial charge in [0.15, 0.2) is 0 Å². The third-order valence-electron chi connectivity index (χ3n) is 3.55. The van der Waals surface area contributed by atoms with Crippen molar-refractivity contribution in [3.8, 4) is 11.5 Å². The normalized spacial score (nSPS) is 10.2. The van der Waals surface area contributed by atoms with Gasteiger partial charge in [-0.05, 0) is 30.7 Å². The van der Waals surface area contributed by atoms with Gasteiger partial charge >= 0.3 is 0 Å². The number of nitrogens with one attached hydrogen (secondary N) is 1. The summed E-state index contributed by atoms with van der Waals surface area (Å²) in [5.74, 6) is 1.30. The quantitative estimate of drug-likeness (QED) is 0.669. The fourth-order valence-electron chi connectivity index (χ4n) is 2.28. The van der Waals surface area contributed by atoms with Crippen LogP contribution in [0.1, 0.15) is 36.5 Å². The molecule has 0 aliphatic rings. The van der Waals surface area contributed by atoms with Crippen molar-refractivity contribution in [2.75, 3.05) is 19.8 Å². The molecule has 1 N–H and O–H groups in total. The molecule has 0 saturated carbocycles. The number of carbonyl (C=O) groups is 1. The maximum Gasteiger partial charge on any atom is 0.255 e. The summed E-state index contributed by atoms with van der Waals surface area (Å²) < 4.78 is 11.3. The van der Waals surface area contributed by atoms with E-state index in [1.807, 2.05) is 48.5 Å². The van der Waals surface area contributed by atoms with Crippen LogP contribution in [-0.4, -0.2) is 25.7 Å². The van der Waals surface area contributed by atoms with E-state index in [0.717, 1.165) is 25.0 Å². The molecule has 1 amide bonds. The molecular weight excluding hydrogens is 302 g/mol. The molecule has 0 aliphatic heterocycles. The van der Waals surface area contributed by atoms with Crippen molar-refractivity contribution in [3.63, 3.8) is 0 Å². The summed E-state index contributed by atoms with van der Waals surface area (Å²) in [6.07, 6.45) is 3.25. The highest BCUT2D eigenvalue weighted by Gasteiger charge is 2.11. The maximum absolute atomic E-state index is 12.3. The lowest BCUT2D eigenvalue weighted by molar-refractivity contribution is 0.0947. The highest BCUT2D eigenvalue weighted by Crippen LogP contribution is 2.18. The summed E-state index contributed by atoms with van der Waals surface area (Å²) in [6, 6.07) is 16.9. The Morgan fingerprint density at radius 2 is 1.62 bits per heavy atom. The van der Waals surface area contributed by atoms with Crippen LogP contribution < -0.4 is 14.8 Å². The fourth-order valence-corrected chi connectivity index (χ4v) is 2.28. The van der Waals surface area contributed by atoms with Gasteiger partial charge in [-0.25, -0.2) is 0 Å². The van der Waals surface area contributed by atoms with Gasteiger partial charge in [0.25, 0.3) is 5.91 Å². The van der Waals surface area contributed by atoms with Gasteiger partial charge in [0.1, 0.15) is 24.7 Å². The van der Waals surface area contributed by atoms with Crippen molar-refractivity contribution in [2.45, 2.75) is 26.2 Å². The van der Waals surface area contributed by atoms with Crippen LogP contribution >= 0.6 is 0 Å². The van der Waals surface area contributed by atoms with E-state index >= 15 is 0 Å². The van der Waals surface area contributed by atoms with Crippen LogP contribution in [0.5, 0.6) is 11.5 Å². The number of unbranched alkanes of at least 4 members (excludes halogenated alkanes) is 2. The molecule has 0 spiro atoms. The lowest BCUT2D eigenvalue weighted by atomic mass is 10.2. The first-order chi connectivity index (χ1) is 11.8. The van der Waals surface area contributed by atoms with Crippen molar-refractivity contribution in [3.05, 3.63) is 60.2 Å². The minimum atomic E-state index is -0.0920. The first-order valence-corrected chi connectivity index (χ1v) is 8.49. The molecule has 128 valence electrons. The molecule has 0 fully saturated rings. The second-order valence-corrected chi connectivity index (χ2v) is 5.47. The molecule has 4 nitrogen and oxygen atoms in total. The zero-order valence-electron chi connectivity index (χ0n) is 14.2. The molecule has 24 heavy (non-hydrogen) atoms. The summed E-state index contributed by atoms with van der Waals surface area (Å²) >= 11 is 0. The van der Waals surface area contributed by atoms with E-state index in [9.17, 15) is 4.79 Å². The SMILES string of the molecule is CCCCCNC(=O)c1ccccc1OCCOc1ccccc1. The van der Waals surface area contributed by atoms with Gasteiger partial charge in [-0.1, -0.05) is 50.1 Å². The Balaban J connectivity index is 1.81. The van der Waals surface area contributed by atoms with Crippen molar-refractivity contribution in [2.24, 2.45) is 0 Å². The highest BCUT2D eigenvalue weighted by atomic mass is 16.5. The minimum absolute atomic E-state index is 0.0920. The molecule has 2 aromatic rings.